The predicted octanol–water partition coefficient (Wildman–Crippen LogP) is 3.94. The van der Waals surface area contributed by atoms with Crippen LogP contribution in [0.3, 0.4) is 0 Å². The number of benzene rings is 2. The Balaban J connectivity index is 1.53. The van der Waals surface area contributed by atoms with E-state index in [2.05, 4.69) is 10.6 Å². The third-order valence-corrected chi connectivity index (χ3v) is 5.07. The summed E-state index contributed by atoms with van der Waals surface area (Å²) in [5.41, 5.74) is 4.17. The van der Waals surface area contributed by atoms with Gasteiger partial charge in [-0.25, -0.2) is 4.98 Å². The maximum Gasteiger partial charge on any atom is 0.139 e. The van der Waals surface area contributed by atoms with Crippen molar-refractivity contribution in [3.05, 3.63) is 59.4 Å². The number of aryl methyl sites for hydroxylation is 2. The first-order chi connectivity index (χ1) is 13.1. The highest BCUT2D eigenvalue weighted by Gasteiger charge is 2.25. The molecule has 4 rings (SSSR count). The molecule has 0 amide bonds. The molecule has 0 saturated carbocycles. The number of hydrogen-bond donors (Lipinski definition) is 1. The zero-order chi connectivity index (χ0) is 18.8. The molecule has 1 aliphatic rings. The van der Waals surface area contributed by atoms with Gasteiger partial charge in [-0.15, -0.1) is 0 Å². The van der Waals surface area contributed by atoms with E-state index in [1.165, 1.54) is 0 Å². The summed E-state index contributed by atoms with van der Waals surface area (Å²) >= 11 is 0. The van der Waals surface area contributed by atoms with Crippen molar-refractivity contribution in [1.29, 1.82) is 0 Å². The number of para-hydroxylation sites is 2. The van der Waals surface area contributed by atoms with Crippen molar-refractivity contribution in [2.75, 3.05) is 13.2 Å². The molecule has 2 aromatic carbocycles. The standard InChI is InChI=1S/C22H26N2O3/c1-15-9-10-16(2)21(12-15)27-14-17(25)13-24-19-7-4-3-6-18(19)23-22(24)20-8-5-11-26-20/h3-4,6-7,9-10,12,17,20,25H,5,8,11,13-14H2,1-2H3. The number of fused-ring (bicyclic) bond motifs is 1. The topological polar surface area (TPSA) is 56.5 Å². The molecule has 5 nitrogen and oxygen atoms in total. The molecular formula is C22H26N2O3. The van der Waals surface area contributed by atoms with Gasteiger partial charge >= 0.3 is 0 Å². The zero-order valence-corrected chi connectivity index (χ0v) is 15.9. The molecule has 1 fully saturated rings. The summed E-state index contributed by atoms with van der Waals surface area (Å²) in [5.74, 6) is 1.73. The monoisotopic (exact) mass is 366 g/mol. The molecule has 0 bridgehead atoms. The van der Waals surface area contributed by atoms with Gasteiger partial charge in [-0.3, -0.25) is 0 Å². The second-order valence-corrected chi connectivity index (χ2v) is 7.30. The van der Waals surface area contributed by atoms with E-state index in [-0.39, 0.29) is 12.7 Å². The number of imidazole rings is 1. The van der Waals surface area contributed by atoms with Crippen molar-refractivity contribution >= 4 is 11.0 Å². The second-order valence-electron chi connectivity index (χ2n) is 7.30. The number of hydrogen-bond acceptors (Lipinski definition) is 4. The van der Waals surface area contributed by atoms with Gasteiger partial charge in [0.1, 0.15) is 30.4 Å². The lowest BCUT2D eigenvalue weighted by atomic mass is 10.1. The van der Waals surface area contributed by atoms with Gasteiger partial charge in [0.2, 0.25) is 0 Å². The van der Waals surface area contributed by atoms with Crippen LogP contribution < -0.4 is 4.74 Å². The van der Waals surface area contributed by atoms with E-state index in [0.29, 0.717) is 6.54 Å². The lowest BCUT2D eigenvalue weighted by molar-refractivity contribution is 0.0804. The third-order valence-electron chi connectivity index (χ3n) is 5.07. The second kappa shape index (κ2) is 7.71. The van der Waals surface area contributed by atoms with E-state index in [9.17, 15) is 5.11 Å². The lowest BCUT2D eigenvalue weighted by Crippen LogP contribution is -2.25. The number of aliphatic hydroxyl groups excluding tert-OH is 1. The molecule has 1 aromatic heterocycles. The summed E-state index contributed by atoms with van der Waals surface area (Å²) in [6.45, 7) is 5.49. The minimum Gasteiger partial charge on any atom is -0.491 e. The SMILES string of the molecule is Cc1ccc(C)c(OCC(O)Cn2c(C3CCCO3)nc3ccccc32)c1. The van der Waals surface area contributed by atoms with Crippen LogP contribution in [-0.4, -0.2) is 34.0 Å². The molecule has 27 heavy (non-hydrogen) atoms. The highest BCUT2D eigenvalue weighted by Crippen LogP contribution is 2.30. The van der Waals surface area contributed by atoms with Crippen molar-refractivity contribution in [3.63, 3.8) is 0 Å². The van der Waals surface area contributed by atoms with Crippen LogP contribution in [0.2, 0.25) is 0 Å². The minimum absolute atomic E-state index is 0.00420. The fourth-order valence-corrected chi connectivity index (χ4v) is 3.63. The first kappa shape index (κ1) is 18.0. The Morgan fingerprint density at radius 1 is 1.26 bits per heavy atom. The average molecular weight is 366 g/mol. The van der Waals surface area contributed by atoms with Gasteiger partial charge in [-0.05, 0) is 56.0 Å². The van der Waals surface area contributed by atoms with Crippen LogP contribution in [0.15, 0.2) is 42.5 Å². The molecule has 2 heterocycles. The quantitative estimate of drug-likeness (QED) is 0.718. The summed E-state index contributed by atoms with van der Waals surface area (Å²) in [6, 6.07) is 14.1. The molecule has 3 aromatic rings. The number of aromatic nitrogens is 2. The summed E-state index contributed by atoms with van der Waals surface area (Å²) in [4.78, 5) is 4.78. The maximum absolute atomic E-state index is 10.7. The van der Waals surface area contributed by atoms with Crippen molar-refractivity contribution < 1.29 is 14.6 Å². The summed E-state index contributed by atoms with van der Waals surface area (Å²) < 4.78 is 13.8. The highest BCUT2D eigenvalue weighted by atomic mass is 16.5. The van der Waals surface area contributed by atoms with Crippen LogP contribution in [0.4, 0.5) is 0 Å². The van der Waals surface area contributed by atoms with Crippen molar-refractivity contribution in [1.82, 2.24) is 9.55 Å². The fourth-order valence-electron chi connectivity index (χ4n) is 3.63. The Hall–Kier alpha value is -2.37. The van der Waals surface area contributed by atoms with Crippen LogP contribution in [-0.2, 0) is 11.3 Å². The average Bonchev–Trinajstić information content (AvgIpc) is 3.31. The first-order valence-electron chi connectivity index (χ1n) is 9.56. The Labute approximate surface area is 159 Å². The summed E-state index contributed by atoms with van der Waals surface area (Å²) in [6.07, 6.45) is 1.39. The van der Waals surface area contributed by atoms with Crippen LogP contribution in [0.5, 0.6) is 5.75 Å². The Kier molecular flexibility index (Phi) is 5.14. The molecule has 0 radical (unpaired) electrons. The van der Waals surface area contributed by atoms with Crippen LogP contribution in [0.25, 0.3) is 11.0 Å². The normalized spacial score (nSPS) is 18.1. The molecule has 0 aliphatic carbocycles. The number of rotatable bonds is 6. The molecule has 2 atom stereocenters. The van der Waals surface area contributed by atoms with Gasteiger partial charge in [-0.1, -0.05) is 24.3 Å². The van der Waals surface area contributed by atoms with Crippen LogP contribution in [0.1, 0.15) is 35.9 Å². The van der Waals surface area contributed by atoms with E-state index < -0.39 is 6.10 Å². The molecule has 1 aliphatic heterocycles. The molecule has 1 saturated heterocycles. The molecule has 1 N–H and O–H groups in total. The smallest absolute Gasteiger partial charge is 0.139 e. The Bertz CT molecular complexity index is 928. The minimum atomic E-state index is -0.636. The molecule has 2 unspecified atom stereocenters. The van der Waals surface area contributed by atoms with Crippen LogP contribution >= 0.6 is 0 Å². The van der Waals surface area contributed by atoms with E-state index in [1.54, 1.807) is 0 Å². The molecule has 5 heteroatoms. The Morgan fingerprint density at radius 3 is 2.93 bits per heavy atom. The van der Waals surface area contributed by atoms with Gasteiger partial charge in [0.25, 0.3) is 0 Å². The van der Waals surface area contributed by atoms with Crippen molar-refractivity contribution in [2.24, 2.45) is 0 Å². The fraction of sp³-hybridized carbons (Fsp3) is 0.409. The van der Waals surface area contributed by atoms with Crippen LogP contribution in [0, 0.1) is 13.8 Å². The number of aliphatic hydroxyl groups is 1. The number of nitrogens with zero attached hydrogens (tertiary/aromatic N) is 2. The van der Waals surface area contributed by atoms with E-state index in [0.717, 1.165) is 53.2 Å². The Morgan fingerprint density at radius 2 is 2.11 bits per heavy atom. The molecular weight excluding hydrogens is 340 g/mol. The zero-order valence-electron chi connectivity index (χ0n) is 15.9. The van der Waals surface area contributed by atoms with Crippen molar-refractivity contribution in [3.8, 4) is 5.75 Å². The highest BCUT2D eigenvalue weighted by molar-refractivity contribution is 5.76. The summed E-state index contributed by atoms with van der Waals surface area (Å²) in [5, 5.41) is 10.7. The van der Waals surface area contributed by atoms with Gasteiger partial charge in [-0.2, -0.15) is 0 Å². The number of ether oxygens (including phenoxy) is 2. The predicted molar refractivity (Wildman–Crippen MR) is 105 cm³/mol. The van der Waals surface area contributed by atoms with Crippen molar-refractivity contribution in [2.45, 2.75) is 45.4 Å². The van der Waals surface area contributed by atoms with Gasteiger partial charge in [0.15, 0.2) is 0 Å². The van der Waals surface area contributed by atoms with Gasteiger partial charge < -0.3 is 19.1 Å². The van der Waals surface area contributed by atoms with Gasteiger partial charge in [0, 0.05) is 6.61 Å². The third kappa shape index (κ3) is 3.84. The molecule has 142 valence electrons. The van der Waals surface area contributed by atoms with E-state index in [4.69, 9.17) is 14.5 Å². The van der Waals surface area contributed by atoms with E-state index >= 15 is 0 Å². The lowest BCUT2D eigenvalue weighted by Gasteiger charge is -2.18. The molecule has 0 spiro atoms. The first-order valence-corrected chi connectivity index (χ1v) is 9.56. The maximum atomic E-state index is 10.7. The van der Waals surface area contributed by atoms with Gasteiger partial charge in [0.05, 0.1) is 17.6 Å². The van der Waals surface area contributed by atoms with E-state index in [1.807, 2.05) is 50.2 Å². The largest absolute Gasteiger partial charge is 0.491 e. The summed E-state index contributed by atoms with van der Waals surface area (Å²) in [7, 11) is 0.